The van der Waals surface area contributed by atoms with E-state index < -0.39 is 0 Å². The molecule has 0 bridgehead atoms. The summed E-state index contributed by atoms with van der Waals surface area (Å²) >= 11 is 6.17. The van der Waals surface area contributed by atoms with Gasteiger partial charge < -0.3 is 5.32 Å². The van der Waals surface area contributed by atoms with Gasteiger partial charge in [0.25, 0.3) is 0 Å². The third-order valence-electron chi connectivity index (χ3n) is 3.87. The van der Waals surface area contributed by atoms with Crippen LogP contribution in [0.5, 0.6) is 0 Å². The lowest BCUT2D eigenvalue weighted by atomic mass is 10.1. The Kier molecular flexibility index (Phi) is 4.20. The SMILES string of the molecule is O=C(NCCc1cccnc1)C1CC1c1ccccc1Cl. The van der Waals surface area contributed by atoms with Gasteiger partial charge in [-0.05, 0) is 42.0 Å². The van der Waals surface area contributed by atoms with Gasteiger partial charge in [-0.1, -0.05) is 35.9 Å². The predicted molar refractivity (Wildman–Crippen MR) is 83.3 cm³/mol. The van der Waals surface area contributed by atoms with Crippen LogP contribution < -0.4 is 5.32 Å². The molecule has 2 unspecified atom stereocenters. The van der Waals surface area contributed by atoms with Crippen LogP contribution in [0.25, 0.3) is 0 Å². The first-order valence-electron chi connectivity index (χ1n) is 7.17. The monoisotopic (exact) mass is 300 g/mol. The zero-order valence-electron chi connectivity index (χ0n) is 11.6. The smallest absolute Gasteiger partial charge is 0.223 e. The van der Waals surface area contributed by atoms with Gasteiger partial charge in [0.2, 0.25) is 5.91 Å². The van der Waals surface area contributed by atoms with Gasteiger partial charge in [0, 0.05) is 29.9 Å². The van der Waals surface area contributed by atoms with Crippen molar-refractivity contribution in [3.8, 4) is 0 Å². The van der Waals surface area contributed by atoms with E-state index in [4.69, 9.17) is 11.6 Å². The van der Waals surface area contributed by atoms with Crippen LogP contribution in [0.1, 0.15) is 23.5 Å². The maximum atomic E-state index is 12.1. The molecule has 3 nitrogen and oxygen atoms in total. The van der Waals surface area contributed by atoms with Crippen LogP contribution in [0.15, 0.2) is 48.8 Å². The molecule has 1 aromatic carbocycles. The van der Waals surface area contributed by atoms with Crippen LogP contribution in [-0.4, -0.2) is 17.4 Å². The van der Waals surface area contributed by atoms with Crippen LogP contribution in [0, 0.1) is 5.92 Å². The molecule has 1 amide bonds. The first-order valence-corrected chi connectivity index (χ1v) is 7.54. The van der Waals surface area contributed by atoms with Crippen molar-refractivity contribution in [3.63, 3.8) is 0 Å². The van der Waals surface area contributed by atoms with E-state index in [0.717, 1.165) is 29.0 Å². The van der Waals surface area contributed by atoms with E-state index in [-0.39, 0.29) is 17.7 Å². The minimum atomic E-state index is 0.0683. The highest BCUT2D eigenvalue weighted by atomic mass is 35.5. The number of nitrogens with one attached hydrogen (secondary N) is 1. The maximum Gasteiger partial charge on any atom is 0.223 e. The molecule has 1 heterocycles. The van der Waals surface area contributed by atoms with Gasteiger partial charge in [-0.25, -0.2) is 0 Å². The summed E-state index contributed by atoms with van der Waals surface area (Å²) in [6, 6.07) is 11.7. The van der Waals surface area contributed by atoms with E-state index in [0.29, 0.717) is 6.54 Å². The fourth-order valence-electron chi connectivity index (χ4n) is 2.61. The van der Waals surface area contributed by atoms with E-state index in [2.05, 4.69) is 10.3 Å². The largest absolute Gasteiger partial charge is 0.356 e. The van der Waals surface area contributed by atoms with Crippen LogP contribution in [0.2, 0.25) is 5.02 Å². The number of nitrogens with zero attached hydrogens (tertiary/aromatic N) is 1. The quantitative estimate of drug-likeness (QED) is 0.921. The van der Waals surface area contributed by atoms with Gasteiger partial charge in [0.05, 0.1) is 0 Å². The summed E-state index contributed by atoms with van der Waals surface area (Å²) < 4.78 is 0. The fraction of sp³-hybridized carbons (Fsp3) is 0.294. The number of rotatable bonds is 5. The predicted octanol–water partition coefficient (Wildman–Crippen LogP) is 3.20. The first kappa shape index (κ1) is 14.1. The van der Waals surface area contributed by atoms with Gasteiger partial charge >= 0.3 is 0 Å². The van der Waals surface area contributed by atoms with Crippen LogP contribution in [-0.2, 0) is 11.2 Å². The van der Waals surface area contributed by atoms with Crippen LogP contribution in [0.4, 0.5) is 0 Å². The Morgan fingerprint density at radius 2 is 2.14 bits per heavy atom. The van der Waals surface area contributed by atoms with Gasteiger partial charge in [-0.2, -0.15) is 0 Å². The summed E-state index contributed by atoms with van der Waals surface area (Å²) in [5, 5.41) is 3.76. The van der Waals surface area contributed by atoms with E-state index >= 15 is 0 Å². The summed E-state index contributed by atoms with van der Waals surface area (Å²) in [6.07, 6.45) is 5.28. The molecular weight excluding hydrogens is 284 g/mol. The Balaban J connectivity index is 1.49. The Bertz CT molecular complexity index is 630. The molecule has 108 valence electrons. The third-order valence-corrected chi connectivity index (χ3v) is 4.21. The topological polar surface area (TPSA) is 42.0 Å². The number of amides is 1. The standard InChI is InChI=1S/C17H17ClN2O/c18-16-6-2-1-5-13(16)14-10-15(14)17(21)20-9-7-12-4-3-8-19-11-12/h1-6,8,11,14-15H,7,9-10H2,(H,20,21). The Labute approximate surface area is 129 Å². The number of aromatic nitrogens is 1. The van der Waals surface area contributed by atoms with Crippen molar-refractivity contribution in [1.82, 2.24) is 10.3 Å². The van der Waals surface area contributed by atoms with E-state index in [1.807, 2.05) is 42.6 Å². The summed E-state index contributed by atoms with van der Waals surface area (Å²) in [6.45, 7) is 0.649. The zero-order chi connectivity index (χ0) is 14.7. The molecule has 0 spiro atoms. The average Bonchev–Trinajstić information content (AvgIpc) is 3.29. The lowest BCUT2D eigenvalue weighted by Gasteiger charge is -2.06. The molecule has 1 N–H and O–H groups in total. The molecule has 2 aromatic rings. The van der Waals surface area contributed by atoms with Gasteiger partial charge in [0.1, 0.15) is 0 Å². The summed E-state index contributed by atoms with van der Waals surface area (Å²) in [5.74, 6) is 0.472. The molecule has 1 aliphatic carbocycles. The van der Waals surface area contributed by atoms with Crippen LogP contribution in [0.3, 0.4) is 0 Å². The minimum Gasteiger partial charge on any atom is -0.356 e. The summed E-state index contributed by atoms with van der Waals surface area (Å²) in [7, 11) is 0. The summed E-state index contributed by atoms with van der Waals surface area (Å²) in [4.78, 5) is 16.2. The summed E-state index contributed by atoms with van der Waals surface area (Å²) in [5.41, 5.74) is 2.22. The number of carbonyl (C=O) groups is 1. The van der Waals surface area contributed by atoms with Gasteiger partial charge in [0.15, 0.2) is 0 Å². The molecular formula is C17H17ClN2O. The number of benzene rings is 1. The molecule has 0 saturated heterocycles. The van der Waals surface area contributed by atoms with Gasteiger partial charge in [-0.15, -0.1) is 0 Å². The van der Waals surface area contributed by atoms with E-state index in [9.17, 15) is 4.79 Å². The van der Waals surface area contributed by atoms with Crippen molar-refractivity contribution >= 4 is 17.5 Å². The highest BCUT2D eigenvalue weighted by molar-refractivity contribution is 6.31. The Hall–Kier alpha value is -1.87. The second kappa shape index (κ2) is 6.27. The number of pyridine rings is 1. The van der Waals surface area contributed by atoms with Crippen molar-refractivity contribution in [3.05, 3.63) is 64.9 Å². The number of halogens is 1. The molecule has 0 radical (unpaired) electrons. The Morgan fingerprint density at radius 3 is 2.90 bits per heavy atom. The van der Waals surface area contributed by atoms with Crippen molar-refractivity contribution < 1.29 is 4.79 Å². The molecule has 3 rings (SSSR count). The van der Waals surface area contributed by atoms with Crippen molar-refractivity contribution in [1.29, 1.82) is 0 Å². The second-order valence-electron chi connectivity index (χ2n) is 5.37. The molecule has 4 heteroatoms. The lowest BCUT2D eigenvalue weighted by molar-refractivity contribution is -0.122. The van der Waals surface area contributed by atoms with E-state index in [1.165, 1.54) is 0 Å². The van der Waals surface area contributed by atoms with E-state index in [1.54, 1.807) is 6.20 Å². The van der Waals surface area contributed by atoms with Gasteiger partial charge in [-0.3, -0.25) is 9.78 Å². The molecule has 2 atom stereocenters. The van der Waals surface area contributed by atoms with Crippen LogP contribution >= 0.6 is 11.6 Å². The second-order valence-corrected chi connectivity index (χ2v) is 5.78. The number of hydrogen-bond donors (Lipinski definition) is 1. The molecule has 21 heavy (non-hydrogen) atoms. The fourth-order valence-corrected chi connectivity index (χ4v) is 2.89. The maximum absolute atomic E-state index is 12.1. The minimum absolute atomic E-state index is 0.0683. The lowest BCUT2D eigenvalue weighted by Crippen LogP contribution is -2.27. The number of hydrogen-bond acceptors (Lipinski definition) is 2. The molecule has 1 saturated carbocycles. The Morgan fingerprint density at radius 1 is 1.29 bits per heavy atom. The highest BCUT2D eigenvalue weighted by Gasteiger charge is 2.44. The number of carbonyl (C=O) groups excluding carboxylic acids is 1. The normalized spacial score (nSPS) is 20.0. The van der Waals surface area contributed by atoms with Crippen molar-refractivity contribution in [2.45, 2.75) is 18.8 Å². The third kappa shape index (κ3) is 3.42. The first-order chi connectivity index (χ1) is 10.3. The molecule has 0 aliphatic heterocycles. The average molecular weight is 301 g/mol. The molecule has 1 fully saturated rings. The van der Waals surface area contributed by atoms with Crippen molar-refractivity contribution in [2.75, 3.05) is 6.54 Å². The highest BCUT2D eigenvalue weighted by Crippen LogP contribution is 2.49. The molecule has 1 aromatic heterocycles. The van der Waals surface area contributed by atoms with Crippen molar-refractivity contribution in [2.24, 2.45) is 5.92 Å². The molecule has 1 aliphatic rings. The zero-order valence-corrected chi connectivity index (χ0v) is 12.4.